The van der Waals surface area contributed by atoms with Gasteiger partial charge in [0, 0.05) is 57.1 Å². The van der Waals surface area contributed by atoms with Gasteiger partial charge in [0.2, 0.25) is 11.9 Å². The highest BCUT2D eigenvalue weighted by Crippen LogP contribution is 2.21. The highest BCUT2D eigenvalue weighted by molar-refractivity contribution is 7.71. The molecule has 0 saturated carbocycles. The molecule has 1 amide bonds. The zero-order valence-electron chi connectivity index (χ0n) is 17.4. The fourth-order valence-electron chi connectivity index (χ4n) is 3.59. The lowest BCUT2D eigenvalue weighted by atomic mass is 10.2. The molecule has 10 heteroatoms. The summed E-state index contributed by atoms with van der Waals surface area (Å²) < 4.78 is 7.87. The Labute approximate surface area is 185 Å². The van der Waals surface area contributed by atoms with E-state index in [1.165, 1.54) is 0 Å². The molecule has 1 aliphatic heterocycles. The summed E-state index contributed by atoms with van der Waals surface area (Å²) in [6.07, 6.45) is 3.83. The van der Waals surface area contributed by atoms with E-state index in [1.807, 2.05) is 40.7 Å². The van der Waals surface area contributed by atoms with Gasteiger partial charge in [0.1, 0.15) is 5.75 Å². The molecule has 0 aliphatic carbocycles. The molecule has 31 heavy (non-hydrogen) atoms. The maximum atomic E-state index is 12.8. The standard InChI is InChI=1S/C21H25N7O2S/c1-2-30-17-6-4-16(5-7-17)19-24-25-21(31)28(19)11-8-18(29)26-12-14-27(15-13-26)20-22-9-3-10-23-20/h3-7,9-10H,2,8,11-15H2,1H3,(H,25,31). The Kier molecular flexibility index (Phi) is 6.56. The van der Waals surface area contributed by atoms with Crippen LogP contribution >= 0.6 is 12.2 Å². The zero-order valence-corrected chi connectivity index (χ0v) is 18.2. The molecule has 1 aliphatic rings. The van der Waals surface area contributed by atoms with Crippen LogP contribution in [-0.4, -0.2) is 68.3 Å². The summed E-state index contributed by atoms with van der Waals surface area (Å²) in [5.41, 5.74) is 0.916. The van der Waals surface area contributed by atoms with Crippen LogP contribution in [0.1, 0.15) is 13.3 Å². The van der Waals surface area contributed by atoms with Gasteiger partial charge in [-0.3, -0.25) is 14.5 Å². The summed E-state index contributed by atoms with van der Waals surface area (Å²) >= 11 is 5.39. The molecule has 0 bridgehead atoms. The van der Waals surface area contributed by atoms with Crippen molar-refractivity contribution < 1.29 is 9.53 Å². The Bertz CT molecular complexity index is 1060. The lowest BCUT2D eigenvalue weighted by molar-refractivity contribution is -0.131. The molecule has 0 spiro atoms. The van der Waals surface area contributed by atoms with Gasteiger partial charge in [-0.05, 0) is 49.5 Å². The van der Waals surface area contributed by atoms with Crippen molar-refractivity contribution in [3.63, 3.8) is 0 Å². The third kappa shape index (κ3) is 4.91. The average Bonchev–Trinajstić information content (AvgIpc) is 3.19. The first-order valence-corrected chi connectivity index (χ1v) is 10.7. The maximum absolute atomic E-state index is 12.8. The second-order valence-electron chi connectivity index (χ2n) is 7.13. The number of rotatable bonds is 7. The van der Waals surface area contributed by atoms with Crippen LogP contribution in [0.4, 0.5) is 5.95 Å². The number of ether oxygens (including phenoxy) is 1. The molecule has 0 unspecified atom stereocenters. The largest absolute Gasteiger partial charge is 0.494 e. The number of nitrogens with one attached hydrogen (secondary N) is 1. The Balaban J connectivity index is 1.36. The van der Waals surface area contributed by atoms with Crippen molar-refractivity contribution in [3.8, 4) is 17.1 Å². The Morgan fingerprint density at radius 3 is 2.52 bits per heavy atom. The van der Waals surface area contributed by atoms with Crippen LogP contribution in [0.3, 0.4) is 0 Å². The number of anilines is 1. The molecule has 3 aromatic rings. The number of aromatic nitrogens is 5. The maximum Gasteiger partial charge on any atom is 0.225 e. The summed E-state index contributed by atoms with van der Waals surface area (Å²) in [6, 6.07) is 9.49. The van der Waals surface area contributed by atoms with Gasteiger partial charge in [-0.2, -0.15) is 5.10 Å². The summed E-state index contributed by atoms with van der Waals surface area (Å²) in [5, 5.41) is 7.20. The summed E-state index contributed by atoms with van der Waals surface area (Å²) in [7, 11) is 0. The van der Waals surface area contributed by atoms with E-state index in [0.717, 1.165) is 24.4 Å². The van der Waals surface area contributed by atoms with Gasteiger partial charge in [0.25, 0.3) is 0 Å². The number of H-pyrrole nitrogens is 1. The third-order valence-electron chi connectivity index (χ3n) is 5.20. The quantitative estimate of drug-likeness (QED) is 0.566. The number of nitrogens with zero attached hydrogens (tertiary/aromatic N) is 6. The minimum Gasteiger partial charge on any atom is -0.494 e. The van der Waals surface area contributed by atoms with Crippen molar-refractivity contribution >= 4 is 24.1 Å². The SMILES string of the molecule is CCOc1ccc(-c2n[nH]c(=S)n2CCC(=O)N2CCN(c3ncccn3)CC2)cc1. The van der Waals surface area contributed by atoms with Gasteiger partial charge in [0.15, 0.2) is 10.6 Å². The predicted octanol–water partition coefficient (Wildman–Crippen LogP) is 2.54. The predicted molar refractivity (Wildman–Crippen MR) is 119 cm³/mol. The van der Waals surface area contributed by atoms with Crippen molar-refractivity contribution in [2.45, 2.75) is 19.9 Å². The third-order valence-corrected chi connectivity index (χ3v) is 5.51. The van der Waals surface area contributed by atoms with E-state index in [-0.39, 0.29) is 5.91 Å². The highest BCUT2D eigenvalue weighted by Gasteiger charge is 2.22. The lowest BCUT2D eigenvalue weighted by Crippen LogP contribution is -2.49. The van der Waals surface area contributed by atoms with Gasteiger partial charge in [0.05, 0.1) is 6.61 Å². The smallest absolute Gasteiger partial charge is 0.225 e. The molecule has 0 atom stereocenters. The second-order valence-corrected chi connectivity index (χ2v) is 7.51. The average molecular weight is 440 g/mol. The topological polar surface area (TPSA) is 92.2 Å². The van der Waals surface area contributed by atoms with Gasteiger partial charge in [-0.25, -0.2) is 9.97 Å². The molecule has 0 radical (unpaired) electrons. The van der Waals surface area contributed by atoms with E-state index >= 15 is 0 Å². The summed E-state index contributed by atoms with van der Waals surface area (Å²) in [6.45, 7) is 5.78. The monoisotopic (exact) mass is 439 g/mol. The van der Waals surface area contributed by atoms with Crippen LogP contribution in [0.2, 0.25) is 0 Å². The molecular formula is C21H25N7O2S. The van der Waals surface area contributed by atoms with E-state index in [1.54, 1.807) is 18.5 Å². The van der Waals surface area contributed by atoms with Gasteiger partial charge in [-0.1, -0.05) is 0 Å². The second kappa shape index (κ2) is 9.69. The minimum atomic E-state index is 0.106. The Hall–Kier alpha value is -3.27. The van der Waals surface area contributed by atoms with Crippen molar-refractivity contribution in [1.29, 1.82) is 0 Å². The first-order chi connectivity index (χ1) is 15.2. The van der Waals surface area contributed by atoms with Gasteiger partial charge in [-0.15, -0.1) is 0 Å². The van der Waals surface area contributed by atoms with Crippen LogP contribution in [0.25, 0.3) is 11.4 Å². The highest BCUT2D eigenvalue weighted by atomic mass is 32.1. The molecule has 1 saturated heterocycles. The number of benzene rings is 1. The molecule has 2 aromatic heterocycles. The van der Waals surface area contributed by atoms with Crippen LogP contribution < -0.4 is 9.64 Å². The molecule has 1 aromatic carbocycles. The number of hydrogen-bond acceptors (Lipinski definition) is 7. The molecule has 1 N–H and O–H groups in total. The number of carbonyl (C=O) groups is 1. The lowest BCUT2D eigenvalue weighted by Gasteiger charge is -2.34. The molecule has 4 rings (SSSR count). The fourth-order valence-corrected chi connectivity index (χ4v) is 3.81. The summed E-state index contributed by atoms with van der Waals surface area (Å²) in [4.78, 5) is 25.3. The van der Waals surface area contributed by atoms with E-state index in [9.17, 15) is 4.79 Å². The van der Waals surface area contributed by atoms with Crippen LogP contribution in [0.15, 0.2) is 42.7 Å². The van der Waals surface area contributed by atoms with Crippen LogP contribution in [0.5, 0.6) is 5.75 Å². The number of amides is 1. The van der Waals surface area contributed by atoms with Crippen molar-refractivity contribution in [3.05, 3.63) is 47.5 Å². The normalized spacial score (nSPS) is 14.0. The number of aromatic amines is 1. The van der Waals surface area contributed by atoms with Crippen molar-refractivity contribution in [2.24, 2.45) is 0 Å². The number of hydrogen-bond donors (Lipinski definition) is 1. The van der Waals surface area contributed by atoms with Crippen molar-refractivity contribution in [1.82, 2.24) is 29.6 Å². The van der Waals surface area contributed by atoms with Crippen molar-refractivity contribution in [2.75, 3.05) is 37.7 Å². The Morgan fingerprint density at radius 1 is 1.13 bits per heavy atom. The number of piperazine rings is 1. The van der Waals surface area contributed by atoms with Crippen LogP contribution in [0, 0.1) is 4.77 Å². The Morgan fingerprint density at radius 2 is 1.84 bits per heavy atom. The van der Waals surface area contributed by atoms with E-state index in [2.05, 4.69) is 25.1 Å². The zero-order chi connectivity index (χ0) is 21.6. The van der Waals surface area contributed by atoms with E-state index in [4.69, 9.17) is 17.0 Å². The fraction of sp³-hybridized carbons (Fsp3) is 0.381. The molecule has 3 heterocycles. The van der Waals surface area contributed by atoms with Gasteiger partial charge < -0.3 is 14.5 Å². The van der Waals surface area contributed by atoms with E-state index < -0.39 is 0 Å². The number of carbonyl (C=O) groups excluding carboxylic acids is 1. The van der Waals surface area contributed by atoms with Gasteiger partial charge >= 0.3 is 0 Å². The molecular weight excluding hydrogens is 414 g/mol. The molecule has 9 nitrogen and oxygen atoms in total. The molecule has 1 fully saturated rings. The first kappa shape index (κ1) is 21.0. The molecule has 162 valence electrons. The van der Waals surface area contributed by atoms with Crippen LogP contribution in [-0.2, 0) is 11.3 Å². The first-order valence-electron chi connectivity index (χ1n) is 10.3. The minimum absolute atomic E-state index is 0.106. The van der Waals surface area contributed by atoms with E-state index in [0.29, 0.717) is 49.2 Å². The summed E-state index contributed by atoms with van der Waals surface area (Å²) in [5.74, 6) is 2.34.